The van der Waals surface area contributed by atoms with E-state index in [0.717, 1.165) is 40.9 Å². The van der Waals surface area contributed by atoms with Gasteiger partial charge in [0.25, 0.3) is 0 Å². The average Bonchev–Trinajstić information content (AvgIpc) is 2.96. The lowest BCUT2D eigenvalue weighted by Gasteiger charge is -2.15. The van der Waals surface area contributed by atoms with E-state index < -0.39 is 0 Å². The second-order valence-electron chi connectivity index (χ2n) is 7.01. The third-order valence-electron chi connectivity index (χ3n) is 4.98. The Kier molecular flexibility index (Phi) is 3.72. The average molecular weight is 330 g/mol. The summed E-state index contributed by atoms with van der Waals surface area (Å²) in [6, 6.07) is 14.6. The van der Waals surface area contributed by atoms with Gasteiger partial charge in [-0.2, -0.15) is 0 Å². The number of anilines is 1. The van der Waals surface area contributed by atoms with Gasteiger partial charge in [0.15, 0.2) is 0 Å². The predicted molar refractivity (Wildman–Crippen MR) is 104 cm³/mol. The molecule has 0 bridgehead atoms. The highest BCUT2D eigenvalue weighted by atomic mass is 16.1. The van der Waals surface area contributed by atoms with Crippen LogP contribution in [0, 0.1) is 6.92 Å². The molecule has 0 amide bonds. The van der Waals surface area contributed by atoms with Crippen LogP contribution in [0.5, 0.6) is 0 Å². The van der Waals surface area contributed by atoms with Gasteiger partial charge >= 0.3 is 0 Å². The second kappa shape index (κ2) is 5.92. The standard InChI is InChI=1S/C22H22N2O/c1-14-4-11-20-19(12-14)18-10-7-16(22(25)21(18)23-20)13-15-5-8-17(9-6-15)24(2)3/h4-6,8-9,11-13,23H,7,10H2,1-3H3/b16-13+. The Morgan fingerprint density at radius 2 is 1.80 bits per heavy atom. The monoisotopic (exact) mass is 330 g/mol. The van der Waals surface area contributed by atoms with Crippen LogP contribution >= 0.6 is 0 Å². The maximum atomic E-state index is 12.9. The first-order chi connectivity index (χ1) is 12.0. The number of allylic oxidation sites excluding steroid dienone is 1. The number of nitrogens with one attached hydrogen (secondary N) is 1. The molecule has 1 aromatic heterocycles. The van der Waals surface area contributed by atoms with Crippen LogP contribution in [0.1, 0.15) is 33.6 Å². The number of aryl methyl sites for hydroxylation is 2. The number of carbonyl (C=O) groups is 1. The summed E-state index contributed by atoms with van der Waals surface area (Å²) < 4.78 is 0. The SMILES string of the molecule is Cc1ccc2[nH]c3c(c2c1)CC/C(=C\c1ccc(N(C)C)cc1)C3=O. The molecule has 0 fully saturated rings. The first kappa shape index (κ1) is 15.7. The van der Waals surface area contributed by atoms with Crippen molar-refractivity contribution in [2.24, 2.45) is 0 Å². The molecule has 4 rings (SSSR count). The van der Waals surface area contributed by atoms with E-state index in [1.165, 1.54) is 16.5 Å². The summed E-state index contributed by atoms with van der Waals surface area (Å²) in [5.74, 6) is 0.131. The van der Waals surface area contributed by atoms with Gasteiger partial charge in [-0.15, -0.1) is 0 Å². The van der Waals surface area contributed by atoms with E-state index in [1.54, 1.807) is 0 Å². The Hall–Kier alpha value is -2.81. The maximum Gasteiger partial charge on any atom is 0.205 e. The number of carbonyl (C=O) groups excluding carboxylic acids is 1. The van der Waals surface area contributed by atoms with Gasteiger partial charge in [0.1, 0.15) is 0 Å². The summed E-state index contributed by atoms with van der Waals surface area (Å²) in [6.07, 6.45) is 3.73. The lowest BCUT2D eigenvalue weighted by Crippen LogP contribution is -2.13. The summed E-state index contributed by atoms with van der Waals surface area (Å²) in [7, 11) is 4.05. The molecule has 126 valence electrons. The zero-order chi connectivity index (χ0) is 17.6. The zero-order valence-electron chi connectivity index (χ0n) is 14.9. The molecule has 1 aliphatic rings. The minimum atomic E-state index is 0.131. The second-order valence-corrected chi connectivity index (χ2v) is 7.01. The zero-order valence-corrected chi connectivity index (χ0v) is 14.9. The van der Waals surface area contributed by atoms with Crippen molar-refractivity contribution in [3.8, 4) is 0 Å². The van der Waals surface area contributed by atoms with E-state index in [2.05, 4.69) is 59.3 Å². The minimum Gasteiger partial charge on any atom is -0.378 e. The number of fused-ring (bicyclic) bond motifs is 3. The Balaban J connectivity index is 1.70. The van der Waals surface area contributed by atoms with E-state index in [9.17, 15) is 4.79 Å². The highest BCUT2D eigenvalue weighted by molar-refractivity contribution is 6.15. The molecule has 3 nitrogen and oxygen atoms in total. The summed E-state index contributed by atoms with van der Waals surface area (Å²) >= 11 is 0. The highest BCUT2D eigenvalue weighted by Gasteiger charge is 2.25. The third kappa shape index (κ3) is 2.76. The highest BCUT2D eigenvalue weighted by Crippen LogP contribution is 2.32. The van der Waals surface area contributed by atoms with Crippen LogP contribution in [0.3, 0.4) is 0 Å². The number of Topliss-reactive ketones (excluding diaryl/α,β-unsaturated/α-hetero) is 1. The molecule has 3 heteroatoms. The number of hydrogen-bond donors (Lipinski definition) is 1. The lowest BCUT2D eigenvalue weighted by molar-refractivity contribution is 0.102. The normalized spacial score (nSPS) is 15.6. The van der Waals surface area contributed by atoms with Gasteiger partial charge in [-0.25, -0.2) is 0 Å². The first-order valence-electron chi connectivity index (χ1n) is 8.67. The number of ketones is 1. The van der Waals surface area contributed by atoms with Crippen LogP contribution in [-0.2, 0) is 6.42 Å². The largest absolute Gasteiger partial charge is 0.378 e. The van der Waals surface area contributed by atoms with Crippen LogP contribution in [-0.4, -0.2) is 24.9 Å². The van der Waals surface area contributed by atoms with Gasteiger partial charge in [-0.05, 0) is 61.2 Å². The number of hydrogen-bond acceptors (Lipinski definition) is 2. The van der Waals surface area contributed by atoms with E-state index in [0.29, 0.717) is 0 Å². The molecule has 0 saturated carbocycles. The van der Waals surface area contributed by atoms with Crippen molar-refractivity contribution in [1.29, 1.82) is 0 Å². The topological polar surface area (TPSA) is 36.1 Å². The molecule has 3 aromatic rings. The van der Waals surface area contributed by atoms with Crippen molar-refractivity contribution in [3.63, 3.8) is 0 Å². The van der Waals surface area contributed by atoms with Crippen molar-refractivity contribution >= 4 is 28.4 Å². The lowest BCUT2D eigenvalue weighted by atomic mass is 9.89. The number of rotatable bonds is 2. The number of aromatic nitrogens is 1. The Morgan fingerprint density at radius 3 is 2.52 bits per heavy atom. The smallest absolute Gasteiger partial charge is 0.205 e. The van der Waals surface area contributed by atoms with Crippen LogP contribution < -0.4 is 4.90 Å². The van der Waals surface area contributed by atoms with Gasteiger partial charge in [-0.3, -0.25) is 4.79 Å². The minimum absolute atomic E-state index is 0.131. The van der Waals surface area contributed by atoms with Crippen molar-refractivity contribution < 1.29 is 4.79 Å². The van der Waals surface area contributed by atoms with Gasteiger partial charge in [-0.1, -0.05) is 23.8 Å². The molecule has 0 aliphatic heterocycles. The Morgan fingerprint density at radius 1 is 1.04 bits per heavy atom. The summed E-state index contributed by atoms with van der Waals surface area (Å²) in [5.41, 5.74) is 7.33. The molecule has 0 unspecified atom stereocenters. The maximum absolute atomic E-state index is 12.9. The quantitative estimate of drug-likeness (QED) is 0.688. The molecular weight excluding hydrogens is 308 g/mol. The molecule has 0 atom stereocenters. The van der Waals surface area contributed by atoms with E-state index in [-0.39, 0.29) is 5.78 Å². The number of benzene rings is 2. The molecule has 0 spiro atoms. The van der Waals surface area contributed by atoms with Gasteiger partial charge in [0.2, 0.25) is 5.78 Å². The molecule has 1 aliphatic carbocycles. The number of nitrogens with zero attached hydrogens (tertiary/aromatic N) is 1. The molecule has 1 heterocycles. The number of H-pyrrole nitrogens is 1. The van der Waals surface area contributed by atoms with Crippen LogP contribution in [0.4, 0.5) is 5.69 Å². The molecular formula is C22H22N2O. The van der Waals surface area contributed by atoms with Crippen molar-refractivity contribution in [2.75, 3.05) is 19.0 Å². The third-order valence-corrected chi connectivity index (χ3v) is 4.98. The van der Waals surface area contributed by atoms with Gasteiger partial charge < -0.3 is 9.88 Å². The predicted octanol–water partition coefficient (Wildman–Crippen LogP) is 4.75. The van der Waals surface area contributed by atoms with Crippen molar-refractivity contribution in [3.05, 3.63) is 70.4 Å². The number of aromatic amines is 1. The summed E-state index contributed by atoms with van der Waals surface area (Å²) in [5, 5.41) is 1.19. The van der Waals surface area contributed by atoms with E-state index in [4.69, 9.17) is 0 Å². The fourth-order valence-electron chi connectivity index (χ4n) is 3.56. The summed E-state index contributed by atoms with van der Waals surface area (Å²) in [4.78, 5) is 18.3. The van der Waals surface area contributed by atoms with E-state index in [1.807, 2.05) is 20.2 Å². The molecule has 0 radical (unpaired) electrons. The fourth-order valence-corrected chi connectivity index (χ4v) is 3.56. The molecule has 2 aromatic carbocycles. The van der Waals surface area contributed by atoms with Gasteiger partial charge in [0, 0.05) is 36.3 Å². The van der Waals surface area contributed by atoms with E-state index >= 15 is 0 Å². The van der Waals surface area contributed by atoms with Crippen molar-refractivity contribution in [1.82, 2.24) is 4.98 Å². The summed E-state index contributed by atoms with van der Waals surface area (Å²) in [6.45, 7) is 2.09. The molecule has 25 heavy (non-hydrogen) atoms. The van der Waals surface area contributed by atoms with Crippen LogP contribution in [0.2, 0.25) is 0 Å². The van der Waals surface area contributed by atoms with Crippen molar-refractivity contribution in [2.45, 2.75) is 19.8 Å². The fraction of sp³-hybridized carbons (Fsp3) is 0.227. The van der Waals surface area contributed by atoms with Gasteiger partial charge in [0.05, 0.1) is 5.69 Å². The Labute approximate surface area is 148 Å². The van der Waals surface area contributed by atoms with Crippen LogP contribution in [0.15, 0.2) is 48.0 Å². The van der Waals surface area contributed by atoms with Crippen LogP contribution in [0.25, 0.3) is 17.0 Å². The molecule has 1 N–H and O–H groups in total. The first-order valence-corrected chi connectivity index (χ1v) is 8.67. The molecule has 0 saturated heterocycles. The Bertz CT molecular complexity index is 991.